The van der Waals surface area contributed by atoms with E-state index in [2.05, 4.69) is 11.9 Å². The van der Waals surface area contributed by atoms with E-state index in [-0.39, 0.29) is 5.54 Å². The molecule has 1 aromatic rings. The van der Waals surface area contributed by atoms with Gasteiger partial charge in [-0.05, 0) is 37.6 Å². The van der Waals surface area contributed by atoms with Gasteiger partial charge in [-0.15, -0.1) is 0 Å². The normalized spacial score (nSPS) is 20.2. The summed E-state index contributed by atoms with van der Waals surface area (Å²) in [6.07, 6.45) is 5.93. The maximum atomic E-state index is 6.24. The molecule has 1 aliphatic carbocycles. The van der Waals surface area contributed by atoms with Crippen LogP contribution in [-0.2, 0) is 13.0 Å². The zero-order valence-electron chi connectivity index (χ0n) is 12.1. The number of ether oxygens (including phenoxy) is 1. The number of halogens is 1. The van der Waals surface area contributed by atoms with Gasteiger partial charge in [-0.3, -0.25) is 4.90 Å². The van der Waals surface area contributed by atoms with E-state index in [0.29, 0.717) is 0 Å². The molecule has 2 aliphatic rings. The van der Waals surface area contributed by atoms with Gasteiger partial charge in [-0.25, -0.2) is 0 Å². The van der Waals surface area contributed by atoms with Crippen molar-refractivity contribution in [2.45, 2.75) is 44.2 Å². The minimum absolute atomic E-state index is 0.161. The standard InChI is InChI=1S/C16H23ClN2O/c1-19(16(11-18)5-2-3-6-16)10-13-9-14(17)8-12-4-7-20-15(12)13/h8-9H,2-7,10-11,18H2,1H3. The first kappa shape index (κ1) is 14.2. The Labute approximate surface area is 126 Å². The number of nitrogens with zero attached hydrogens (tertiary/aromatic N) is 1. The maximum Gasteiger partial charge on any atom is 0.127 e. The highest BCUT2D eigenvalue weighted by Crippen LogP contribution is 2.38. The van der Waals surface area contributed by atoms with Crippen molar-refractivity contribution < 1.29 is 4.74 Å². The van der Waals surface area contributed by atoms with Crippen molar-refractivity contribution in [2.24, 2.45) is 5.73 Å². The van der Waals surface area contributed by atoms with Crippen molar-refractivity contribution in [3.63, 3.8) is 0 Å². The molecule has 0 atom stereocenters. The summed E-state index contributed by atoms with van der Waals surface area (Å²) in [5.41, 5.74) is 8.67. The average Bonchev–Trinajstić information content (AvgIpc) is 3.07. The van der Waals surface area contributed by atoms with Crippen LogP contribution in [0.4, 0.5) is 0 Å². The zero-order valence-corrected chi connectivity index (χ0v) is 12.9. The SMILES string of the molecule is CN(Cc1cc(Cl)cc2c1OCC2)C1(CN)CCCC1. The molecule has 1 aliphatic heterocycles. The number of benzene rings is 1. The topological polar surface area (TPSA) is 38.5 Å². The summed E-state index contributed by atoms with van der Waals surface area (Å²) < 4.78 is 5.80. The van der Waals surface area contributed by atoms with Crippen LogP contribution in [0.5, 0.6) is 5.75 Å². The third-order valence-electron chi connectivity index (χ3n) is 4.96. The Balaban J connectivity index is 1.84. The van der Waals surface area contributed by atoms with Crippen LogP contribution in [0, 0.1) is 0 Å². The van der Waals surface area contributed by atoms with Crippen LogP contribution < -0.4 is 10.5 Å². The first-order valence-electron chi connectivity index (χ1n) is 7.50. The van der Waals surface area contributed by atoms with Gasteiger partial charge < -0.3 is 10.5 Å². The van der Waals surface area contributed by atoms with Crippen molar-refractivity contribution in [3.8, 4) is 5.75 Å². The Kier molecular flexibility index (Phi) is 3.93. The molecule has 4 heteroatoms. The lowest BCUT2D eigenvalue weighted by atomic mass is 9.95. The molecule has 0 aromatic heterocycles. The number of hydrogen-bond acceptors (Lipinski definition) is 3. The fourth-order valence-corrected chi connectivity index (χ4v) is 3.92. The van der Waals surface area contributed by atoms with Crippen LogP contribution in [0.25, 0.3) is 0 Å². The summed E-state index contributed by atoms with van der Waals surface area (Å²) in [5, 5.41) is 0.811. The van der Waals surface area contributed by atoms with E-state index in [9.17, 15) is 0 Å². The van der Waals surface area contributed by atoms with Crippen molar-refractivity contribution >= 4 is 11.6 Å². The fraction of sp³-hybridized carbons (Fsp3) is 0.625. The van der Waals surface area contributed by atoms with Crippen LogP contribution in [0.1, 0.15) is 36.8 Å². The molecule has 110 valence electrons. The summed E-state index contributed by atoms with van der Waals surface area (Å²) >= 11 is 6.24. The second-order valence-corrected chi connectivity index (χ2v) is 6.58. The maximum absolute atomic E-state index is 6.24. The molecule has 0 amide bonds. The van der Waals surface area contributed by atoms with Gasteiger partial charge in [-0.2, -0.15) is 0 Å². The molecule has 0 radical (unpaired) electrons. The molecule has 3 nitrogen and oxygen atoms in total. The zero-order chi connectivity index (χ0) is 14.2. The number of likely N-dealkylation sites (N-methyl/N-ethyl adjacent to an activating group) is 1. The molecule has 0 spiro atoms. The highest BCUT2D eigenvalue weighted by molar-refractivity contribution is 6.30. The molecule has 2 N–H and O–H groups in total. The number of rotatable bonds is 4. The lowest BCUT2D eigenvalue weighted by molar-refractivity contribution is 0.123. The molecule has 1 saturated carbocycles. The number of fused-ring (bicyclic) bond motifs is 1. The average molecular weight is 295 g/mol. The lowest BCUT2D eigenvalue weighted by Crippen LogP contribution is -2.49. The van der Waals surface area contributed by atoms with Crippen molar-refractivity contribution in [2.75, 3.05) is 20.2 Å². The Hall–Kier alpha value is -0.770. The van der Waals surface area contributed by atoms with Crippen LogP contribution in [-0.4, -0.2) is 30.6 Å². The summed E-state index contributed by atoms with van der Waals surface area (Å²) in [6, 6.07) is 4.07. The van der Waals surface area contributed by atoms with Gasteiger partial charge in [0, 0.05) is 35.6 Å². The van der Waals surface area contributed by atoms with E-state index in [1.807, 2.05) is 12.1 Å². The van der Waals surface area contributed by atoms with E-state index < -0.39 is 0 Å². The monoisotopic (exact) mass is 294 g/mol. The molecule has 0 saturated heterocycles. The summed E-state index contributed by atoms with van der Waals surface area (Å²) in [6.45, 7) is 2.36. The lowest BCUT2D eigenvalue weighted by Gasteiger charge is -2.38. The molecule has 1 aromatic carbocycles. The molecule has 0 unspecified atom stereocenters. The molecule has 3 rings (SSSR count). The van der Waals surface area contributed by atoms with Gasteiger partial charge in [0.05, 0.1) is 6.61 Å². The van der Waals surface area contributed by atoms with Crippen LogP contribution >= 0.6 is 11.6 Å². The first-order valence-corrected chi connectivity index (χ1v) is 7.88. The predicted octanol–water partition coefficient (Wildman–Crippen LogP) is 2.98. The number of nitrogens with two attached hydrogens (primary N) is 1. The summed E-state index contributed by atoms with van der Waals surface area (Å²) in [5.74, 6) is 1.05. The third-order valence-corrected chi connectivity index (χ3v) is 5.18. The Bertz CT molecular complexity index is 497. The Morgan fingerprint density at radius 1 is 1.35 bits per heavy atom. The first-order chi connectivity index (χ1) is 9.64. The summed E-state index contributed by atoms with van der Waals surface area (Å²) in [4.78, 5) is 2.41. The van der Waals surface area contributed by atoms with Crippen molar-refractivity contribution in [1.82, 2.24) is 4.90 Å². The number of hydrogen-bond donors (Lipinski definition) is 1. The smallest absolute Gasteiger partial charge is 0.127 e. The van der Waals surface area contributed by atoms with Gasteiger partial charge >= 0.3 is 0 Å². The van der Waals surface area contributed by atoms with Crippen LogP contribution in [0.15, 0.2) is 12.1 Å². The Morgan fingerprint density at radius 3 is 2.80 bits per heavy atom. The molecule has 1 fully saturated rings. The molecule has 20 heavy (non-hydrogen) atoms. The molecular weight excluding hydrogens is 272 g/mol. The summed E-state index contributed by atoms with van der Waals surface area (Å²) in [7, 11) is 2.18. The van der Waals surface area contributed by atoms with Crippen LogP contribution in [0.3, 0.4) is 0 Å². The highest BCUT2D eigenvalue weighted by Gasteiger charge is 2.36. The largest absolute Gasteiger partial charge is 0.493 e. The van der Waals surface area contributed by atoms with Gasteiger partial charge in [0.25, 0.3) is 0 Å². The second kappa shape index (κ2) is 5.55. The predicted molar refractivity (Wildman–Crippen MR) is 82.4 cm³/mol. The molecule has 1 heterocycles. The van der Waals surface area contributed by atoms with Crippen LogP contribution in [0.2, 0.25) is 5.02 Å². The van der Waals surface area contributed by atoms with Gasteiger partial charge in [0.15, 0.2) is 0 Å². The molecule has 0 bridgehead atoms. The van der Waals surface area contributed by atoms with E-state index in [1.165, 1.54) is 36.8 Å². The fourth-order valence-electron chi connectivity index (χ4n) is 3.66. The van der Waals surface area contributed by atoms with E-state index in [1.54, 1.807) is 0 Å². The van der Waals surface area contributed by atoms with Gasteiger partial charge in [0.2, 0.25) is 0 Å². The van der Waals surface area contributed by atoms with E-state index in [0.717, 1.165) is 36.9 Å². The minimum Gasteiger partial charge on any atom is -0.493 e. The van der Waals surface area contributed by atoms with Crippen molar-refractivity contribution in [1.29, 1.82) is 0 Å². The minimum atomic E-state index is 0.161. The van der Waals surface area contributed by atoms with Crippen molar-refractivity contribution in [3.05, 3.63) is 28.3 Å². The van der Waals surface area contributed by atoms with Gasteiger partial charge in [0.1, 0.15) is 5.75 Å². The van der Waals surface area contributed by atoms with E-state index in [4.69, 9.17) is 22.1 Å². The molecular formula is C16H23ClN2O. The van der Waals surface area contributed by atoms with Gasteiger partial charge in [-0.1, -0.05) is 24.4 Å². The highest BCUT2D eigenvalue weighted by atomic mass is 35.5. The third kappa shape index (κ3) is 2.43. The Morgan fingerprint density at radius 2 is 2.10 bits per heavy atom. The van der Waals surface area contributed by atoms with E-state index >= 15 is 0 Å². The second-order valence-electron chi connectivity index (χ2n) is 6.14. The quantitative estimate of drug-likeness (QED) is 0.928.